The molecule has 0 spiro atoms. The van der Waals surface area contributed by atoms with Crippen molar-refractivity contribution in [1.82, 2.24) is 25.5 Å². The first-order chi connectivity index (χ1) is 11.8. The SMILES string of the molecule is Cc1nc2c(c(NCc3n[nH]c4c3CCCCC4)n1)CCNCC2.Cl.Cl. The van der Waals surface area contributed by atoms with Gasteiger partial charge in [0.05, 0.1) is 17.9 Å². The zero-order valence-electron chi connectivity index (χ0n) is 15.2. The Morgan fingerprint density at radius 2 is 1.73 bits per heavy atom. The monoisotopic (exact) mass is 398 g/mol. The molecule has 0 radical (unpaired) electrons. The highest BCUT2D eigenvalue weighted by atomic mass is 35.5. The predicted octanol–water partition coefficient (Wildman–Crippen LogP) is 2.92. The van der Waals surface area contributed by atoms with Gasteiger partial charge in [0.2, 0.25) is 0 Å². The van der Waals surface area contributed by atoms with Gasteiger partial charge >= 0.3 is 0 Å². The third kappa shape index (κ3) is 4.48. The summed E-state index contributed by atoms with van der Waals surface area (Å²) in [7, 11) is 0. The van der Waals surface area contributed by atoms with Gasteiger partial charge in [0.25, 0.3) is 0 Å². The molecule has 0 saturated carbocycles. The standard InChI is InChI=1S/C18H26N6.2ClH/c1-12-21-15-8-10-19-9-7-14(15)18(22-12)20-11-17-13-5-3-2-4-6-16(13)23-24-17;;/h19H,2-11H2,1H3,(H,23,24)(H,20,21,22);2*1H. The Morgan fingerprint density at radius 1 is 0.923 bits per heavy atom. The maximum absolute atomic E-state index is 4.67. The average molecular weight is 399 g/mol. The van der Waals surface area contributed by atoms with Crippen LogP contribution >= 0.6 is 24.8 Å². The van der Waals surface area contributed by atoms with Crippen LogP contribution in [0.4, 0.5) is 5.82 Å². The van der Waals surface area contributed by atoms with E-state index < -0.39 is 0 Å². The third-order valence-electron chi connectivity index (χ3n) is 5.11. The van der Waals surface area contributed by atoms with Crippen molar-refractivity contribution in [1.29, 1.82) is 0 Å². The van der Waals surface area contributed by atoms with Crippen molar-refractivity contribution < 1.29 is 0 Å². The molecule has 26 heavy (non-hydrogen) atoms. The Labute approximate surface area is 167 Å². The summed E-state index contributed by atoms with van der Waals surface area (Å²) in [5, 5.41) is 14.8. The Kier molecular flexibility index (Phi) is 7.68. The molecule has 3 N–H and O–H groups in total. The van der Waals surface area contributed by atoms with E-state index in [0.717, 1.165) is 62.7 Å². The number of halogens is 2. The fraction of sp³-hybridized carbons (Fsp3) is 0.611. The fourth-order valence-corrected chi connectivity index (χ4v) is 3.85. The number of rotatable bonds is 3. The van der Waals surface area contributed by atoms with E-state index in [4.69, 9.17) is 0 Å². The smallest absolute Gasteiger partial charge is 0.133 e. The average Bonchev–Trinajstić information content (AvgIpc) is 2.76. The molecule has 4 rings (SSSR count). The van der Waals surface area contributed by atoms with Gasteiger partial charge in [-0.25, -0.2) is 9.97 Å². The van der Waals surface area contributed by atoms with Crippen LogP contribution in [0.3, 0.4) is 0 Å². The van der Waals surface area contributed by atoms with Crippen LogP contribution in [0, 0.1) is 6.92 Å². The van der Waals surface area contributed by atoms with Crippen LogP contribution in [0.15, 0.2) is 0 Å². The van der Waals surface area contributed by atoms with E-state index in [9.17, 15) is 0 Å². The van der Waals surface area contributed by atoms with Crippen LogP contribution in [-0.2, 0) is 32.2 Å². The maximum Gasteiger partial charge on any atom is 0.133 e. The van der Waals surface area contributed by atoms with Crippen LogP contribution in [0.25, 0.3) is 0 Å². The van der Waals surface area contributed by atoms with Crippen molar-refractivity contribution >= 4 is 30.6 Å². The van der Waals surface area contributed by atoms with Gasteiger partial charge in [0, 0.05) is 24.2 Å². The minimum atomic E-state index is 0. The Bertz CT molecular complexity index is 731. The van der Waals surface area contributed by atoms with Crippen molar-refractivity contribution in [3.63, 3.8) is 0 Å². The summed E-state index contributed by atoms with van der Waals surface area (Å²) in [5.74, 6) is 1.84. The van der Waals surface area contributed by atoms with Gasteiger partial charge in [-0.2, -0.15) is 5.10 Å². The van der Waals surface area contributed by atoms with E-state index in [1.807, 2.05) is 6.92 Å². The van der Waals surface area contributed by atoms with Crippen molar-refractivity contribution in [3.8, 4) is 0 Å². The summed E-state index contributed by atoms with van der Waals surface area (Å²) >= 11 is 0. The van der Waals surface area contributed by atoms with Crippen LogP contribution < -0.4 is 10.6 Å². The maximum atomic E-state index is 4.67. The molecule has 0 aromatic carbocycles. The number of nitrogens with zero attached hydrogens (tertiary/aromatic N) is 3. The summed E-state index contributed by atoms with van der Waals surface area (Å²) < 4.78 is 0. The lowest BCUT2D eigenvalue weighted by Crippen LogP contribution is -2.16. The van der Waals surface area contributed by atoms with E-state index in [1.165, 1.54) is 41.8 Å². The van der Waals surface area contributed by atoms with Gasteiger partial charge in [-0.3, -0.25) is 5.10 Å². The first-order valence-electron chi connectivity index (χ1n) is 9.17. The number of fused-ring (bicyclic) bond motifs is 2. The van der Waals surface area contributed by atoms with E-state index in [2.05, 4.69) is 30.8 Å². The molecule has 0 amide bonds. The summed E-state index contributed by atoms with van der Waals surface area (Å²) in [4.78, 5) is 9.32. The second-order valence-corrected chi connectivity index (χ2v) is 6.84. The quantitative estimate of drug-likeness (QED) is 0.692. The van der Waals surface area contributed by atoms with Crippen LogP contribution in [-0.4, -0.2) is 33.3 Å². The first-order valence-corrected chi connectivity index (χ1v) is 9.17. The number of aromatic nitrogens is 4. The normalized spacial score (nSPS) is 16.2. The molecule has 0 fully saturated rings. The van der Waals surface area contributed by atoms with Crippen molar-refractivity contribution in [2.75, 3.05) is 18.4 Å². The van der Waals surface area contributed by atoms with Gasteiger partial charge in [-0.1, -0.05) is 6.42 Å². The van der Waals surface area contributed by atoms with Crippen LogP contribution in [0.2, 0.25) is 0 Å². The van der Waals surface area contributed by atoms with E-state index in [1.54, 1.807) is 0 Å². The fourth-order valence-electron chi connectivity index (χ4n) is 3.85. The lowest BCUT2D eigenvalue weighted by Gasteiger charge is -2.13. The molecule has 144 valence electrons. The summed E-state index contributed by atoms with van der Waals surface area (Å²) in [5.41, 5.74) is 6.39. The first kappa shape index (κ1) is 20.9. The topological polar surface area (TPSA) is 78.5 Å². The molecule has 1 aliphatic heterocycles. The number of aryl methyl sites for hydroxylation is 2. The summed E-state index contributed by atoms with van der Waals surface area (Å²) in [6.07, 6.45) is 8.10. The third-order valence-corrected chi connectivity index (χ3v) is 5.11. The molecule has 2 aromatic rings. The zero-order valence-corrected chi connectivity index (χ0v) is 16.9. The molecule has 0 saturated heterocycles. The molecule has 0 atom stereocenters. The highest BCUT2D eigenvalue weighted by molar-refractivity contribution is 5.85. The second kappa shape index (κ2) is 9.53. The molecule has 2 aliphatic rings. The molecule has 0 bridgehead atoms. The number of hydrogen-bond donors (Lipinski definition) is 3. The van der Waals surface area contributed by atoms with Gasteiger partial charge in [-0.15, -0.1) is 24.8 Å². The van der Waals surface area contributed by atoms with Crippen molar-refractivity contribution in [2.24, 2.45) is 0 Å². The van der Waals surface area contributed by atoms with Crippen molar-refractivity contribution in [2.45, 2.75) is 58.4 Å². The number of aromatic amines is 1. The molecule has 8 heteroatoms. The Hall–Kier alpha value is -1.37. The lowest BCUT2D eigenvalue weighted by molar-refractivity contribution is 0.699. The van der Waals surface area contributed by atoms with Gasteiger partial charge in [-0.05, 0) is 51.1 Å². The van der Waals surface area contributed by atoms with Crippen LogP contribution in [0.5, 0.6) is 0 Å². The van der Waals surface area contributed by atoms with Crippen molar-refractivity contribution in [3.05, 3.63) is 34.0 Å². The molecular weight excluding hydrogens is 371 g/mol. The number of anilines is 1. The molecule has 2 aromatic heterocycles. The minimum Gasteiger partial charge on any atom is -0.364 e. The summed E-state index contributed by atoms with van der Waals surface area (Å²) in [6.45, 7) is 4.70. The molecule has 6 nitrogen and oxygen atoms in total. The van der Waals surface area contributed by atoms with Gasteiger partial charge < -0.3 is 10.6 Å². The number of H-pyrrole nitrogens is 1. The molecule has 0 unspecified atom stereocenters. The predicted molar refractivity (Wildman–Crippen MR) is 109 cm³/mol. The lowest BCUT2D eigenvalue weighted by atomic mass is 10.1. The molecular formula is C18H28Cl2N6. The van der Waals surface area contributed by atoms with E-state index in [-0.39, 0.29) is 24.8 Å². The van der Waals surface area contributed by atoms with Gasteiger partial charge in [0.1, 0.15) is 11.6 Å². The highest BCUT2D eigenvalue weighted by Gasteiger charge is 2.18. The zero-order chi connectivity index (χ0) is 16.4. The van der Waals surface area contributed by atoms with E-state index >= 15 is 0 Å². The highest BCUT2D eigenvalue weighted by Crippen LogP contribution is 2.24. The largest absolute Gasteiger partial charge is 0.364 e. The number of hydrogen-bond acceptors (Lipinski definition) is 5. The van der Waals surface area contributed by atoms with Crippen LogP contribution in [0.1, 0.15) is 53.3 Å². The Morgan fingerprint density at radius 3 is 2.62 bits per heavy atom. The molecule has 3 heterocycles. The van der Waals surface area contributed by atoms with Gasteiger partial charge in [0.15, 0.2) is 0 Å². The minimum absolute atomic E-state index is 0. The molecule has 1 aliphatic carbocycles. The summed E-state index contributed by atoms with van der Waals surface area (Å²) in [6, 6.07) is 0. The Balaban J connectivity index is 0.00000121. The second-order valence-electron chi connectivity index (χ2n) is 6.84. The number of nitrogens with one attached hydrogen (secondary N) is 3. The van der Waals surface area contributed by atoms with E-state index in [0.29, 0.717) is 0 Å².